The number of rotatable bonds is 3. The number of benzene rings is 1. The molecular weight excluding hydrogens is 230 g/mol. The van der Waals surface area contributed by atoms with Crippen molar-refractivity contribution in [3.05, 3.63) is 40.4 Å². The molecule has 0 unspecified atom stereocenters. The molecule has 3 aromatic rings. The molecule has 3 rings (SSSR count). The lowest BCUT2D eigenvalue weighted by Gasteiger charge is -1.99. The number of para-hydroxylation sites is 2. The van der Waals surface area contributed by atoms with Crippen LogP contribution >= 0.6 is 0 Å². The normalized spacial score (nSPS) is 11.4. The lowest BCUT2D eigenvalue weighted by atomic mass is 10.2. The van der Waals surface area contributed by atoms with E-state index in [1.165, 1.54) is 0 Å². The Morgan fingerprint density at radius 1 is 1.33 bits per heavy atom. The summed E-state index contributed by atoms with van der Waals surface area (Å²) in [6.45, 7) is 2.10. The largest absolute Gasteiger partial charge is 0.419 e. The van der Waals surface area contributed by atoms with Gasteiger partial charge in [-0.3, -0.25) is 0 Å². The van der Waals surface area contributed by atoms with E-state index in [9.17, 15) is 4.79 Å². The topological polar surface area (TPSA) is 60.4 Å². The summed E-state index contributed by atoms with van der Waals surface area (Å²) in [6.07, 6.45) is 2.79. The number of hydrogen-bond donors (Lipinski definition) is 0. The number of aromatic nitrogens is 3. The zero-order valence-corrected chi connectivity index (χ0v) is 10.1. The van der Waals surface area contributed by atoms with E-state index in [1.54, 1.807) is 10.6 Å². The summed E-state index contributed by atoms with van der Waals surface area (Å²) >= 11 is 0. The highest BCUT2D eigenvalue weighted by molar-refractivity contribution is 5.75. The maximum absolute atomic E-state index is 12.0. The first kappa shape index (κ1) is 11.0. The van der Waals surface area contributed by atoms with Crippen LogP contribution < -0.4 is 5.63 Å². The van der Waals surface area contributed by atoms with Gasteiger partial charge >= 0.3 is 5.63 Å². The third kappa shape index (κ3) is 1.59. The fourth-order valence-electron chi connectivity index (χ4n) is 2.07. The van der Waals surface area contributed by atoms with Gasteiger partial charge < -0.3 is 4.42 Å². The fourth-order valence-corrected chi connectivity index (χ4v) is 2.07. The van der Waals surface area contributed by atoms with Crippen molar-refractivity contribution in [1.82, 2.24) is 14.8 Å². The van der Waals surface area contributed by atoms with E-state index in [4.69, 9.17) is 4.42 Å². The molecule has 0 spiro atoms. The SMILES string of the molecule is CCCCc1nnn2c1c(=O)oc1ccccc12. The van der Waals surface area contributed by atoms with Crippen molar-refractivity contribution in [2.45, 2.75) is 26.2 Å². The Balaban J connectivity index is 2.32. The molecule has 0 radical (unpaired) electrons. The van der Waals surface area contributed by atoms with Crippen LogP contribution in [0.2, 0.25) is 0 Å². The average molecular weight is 243 g/mol. The van der Waals surface area contributed by atoms with Gasteiger partial charge in [-0.2, -0.15) is 0 Å². The zero-order valence-electron chi connectivity index (χ0n) is 10.1. The molecular formula is C13H13N3O2. The van der Waals surface area contributed by atoms with Crippen LogP contribution in [-0.2, 0) is 6.42 Å². The molecule has 2 aromatic heterocycles. The molecule has 1 aromatic carbocycles. The van der Waals surface area contributed by atoms with E-state index in [-0.39, 0.29) is 5.63 Å². The number of hydrogen-bond acceptors (Lipinski definition) is 4. The van der Waals surface area contributed by atoms with E-state index >= 15 is 0 Å². The van der Waals surface area contributed by atoms with Crippen molar-refractivity contribution in [3.8, 4) is 0 Å². The molecule has 5 heteroatoms. The second kappa shape index (κ2) is 4.25. The first-order valence-corrected chi connectivity index (χ1v) is 6.07. The standard InChI is InChI=1S/C13H13N3O2/c1-2-3-6-9-12-13(17)18-11-8-5-4-7-10(11)16(12)15-14-9/h4-5,7-8H,2-3,6H2,1H3. The Morgan fingerprint density at radius 2 is 2.17 bits per heavy atom. The third-order valence-electron chi connectivity index (χ3n) is 3.00. The highest BCUT2D eigenvalue weighted by atomic mass is 16.4. The van der Waals surface area contributed by atoms with Crippen molar-refractivity contribution >= 4 is 16.6 Å². The fraction of sp³-hybridized carbons (Fsp3) is 0.308. The van der Waals surface area contributed by atoms with E-state index < -0.39 is 0 Å². The zero-order chi connectivity index (χ0) is 12.5. The summed E-state index contributed by atoms with van der Waals surface area (Å²) in [5.74, 6) is 0. The predicted octanol–water partition coefficient (Wildman–Crippen LogP) is 2.18. The maximum atomic E-state index is 12.0. The Hall–Kier alpha value is -2.17. The number of unbranched alkanes of at least 4 members (excludes halogenated alkanes) is 1. The van der Waals surface area contributed by atoms with Crippen molar-refractivity contribution in [2.75, 3.05) is 0 Å². The molecule has 0 fully saturated rings. The second-order valence-corrected chi connectivity index (χ2v) is 4.26. The Kier molecular flexibility index (Phi) is 2.59. The molecule has 2 heterocycles. The summed E-state index contributed by atoms with van der Waals surface area (Å²) in [5.41, 5.74) is 2.10. The van der Waals surface area contributed by atoms with Crippen molar-refractivity contribution in [1.29, 1.82) is 0 Å². The Labute approximate surface area is 103 Å². The van der Waals surface area contributed by atoms with Crippen molar-refractivity contribution < 1.29 is 4.42 Å². The van der Waals surface area contributed by atoms with Gasteiger partial charge in [-0.25, -0.2) is 9.31 Å². The summed E-state index contributed by atoms with van der Waals surface area (Å²) in [5, 5.41) is 8.16. The van der Waals surface area contributed by atoms with Crippen LogP contribution in [0, 0.1) is 0 Å². The molecule has 0 aliphatic heterocycles. The van der Waals surface area contributed by atoms with E-state index in [0.717, 1.165) is 30.5 Å². The van der Waals surface area contributed by atoms with Crippen LogP contribution in [0.25, 0.3) is 16.6 Å². The van der Waals surface area contributed by atoms with Gasteiger partial charge in [0.2, 0.25) is 0 Å². The van der Waals surface area contributed by atoms with Gasteiger partial charge in [-0.05, 0) is 25.0 Å². The van der Waals surface area contributed by atoms with Gasteiger partial charge in [-0.1, -0.05) is 30.7 Å². The summed E-state index contributed by atoms with van der Waals surface area (Å²) < 4.78 is 6.87. The molecule has 0 aliphatic rings. The van der Waals surface area contributed by atoms with Crippen molar-refractivity contribution in [2.24, 2.45) is 0 Å². The van der Waals surface area contributed by atoms with E-state index in [0.29, 0.717) is 11.1 Å². The van der Waals surface area contributed by atoms with Gasteiger partial charge in [0.25, 0.3) is 0 Å². The van der Waals surface area contributed by atoms with Gasteiger partial charge in [0.05, 0.1) is 5.69 Å². The Bertz CT molecular complexity index is 758. The van der Waals surface area contributed by atoms with Gasteiger partial charge in [0.15, 0.2) is 11.1 Å². The van der Waals surface area contributed by atoms with Crippen LogP contribution in [0.4, 0.5) is 0 Å². The van der Waals surface area contributed by atoms with Gasteiger partial charge in [-0.15, -0.1) is 5.10 Å². The van der Waals surface area contributed by atoms with Crippen LogP contribution in [0.15, 0.2) is 33.5 Å². The van der Waals surface area contributed by atoms with E-state index in [1.807, 2.05) is 18.2 Å². The molecule has 0 amide bonds. The molecule has 0 atom stereocenters. The lowest BCUT2D eigenvalue weighted by Crippen LogP contribution is -2.06. The van der Waals surface area contributed by atoms with E-state index in [2.05, 4.69) is 17.2 Å². The highest BCUT2D eigenvalue weighted by Gasteiger charge is 2.14. The molecule has 0 bridgehead atoms. The number of aryl methyl sites for hydroxylation is 1. The summed E-state index contributed by atoms with van der Waals surface area (Å²) in [4.78, 5) is 12.0. The van der Waals surface area contributed by atoms with Crippen LogP contribution in [0.3, 0.4) is 0 Å². The van der Waals surface area contributed by atoms with Gasteiger partial charge in [0.1, 0.15) is 5.52 Å². The minimum atomic E-state index is -0.371. The number of nitrogens with zero attached hydrogens (tertiary/aromatic N) is 3. The summed E-state index contributed by atoms with van der Waals surface area (Å²) in [6, 6.07) is 7.33. The molecule has 92 valence electrons. The lowest BCUT2D eigenvalue weighted by molar-refractivity contribution is 0.559. The third-order valence-corrected chi connectivity index (χ3v) is 3.00. The smallest absolute Gasteiger partial charge is 0.364 e. The number of fused-ring (bicyclic) bond motifs is 3. The molecule has 0 saturated heterocycles. The van der Waals surface area contributed by atoms with Crippen LogP contribution in [-0.4, -0.2) is 14.8 Å². The van der Waals surface area contributed by atoms with Crippen LogP contribution in [0.5, 0.6) is 0 Å². The monoisotopic (exact) mass is 243 g/mol. The molecule has 0 saturated carbocycles. The molecule has 5 nitrogen and oxygen atoms in total. The minimum Gasteiger partial charge on any atom is -0.419 e. The summed E-state index contributed by atoms with van der Waals surface area (Å²) in [7, 11) is 0. The van der Waals surface area contributed by atoms with Crippen LogP contribution in [0.1, 0.15) is 25.5 Å². The molecule has 0 aliphatic carbocycles. The predicted molar refractivity (Wildman–Crippen MR) is 67.6 cm³/mol. The maximum Gasteiger partial charge on any atom is 0.364 e. The first-order valence-electron chi connectivity index (χ1n) is 6.07. The molecule has 0 N–H and O–H groups in total. The quantitative estimate of drug-likeness (QED) is 0.707. The molecule has 18 heavy (non-hydrogen) atoms. The second-order valence-electron chi connectivity index (χ2n) is 4.26. The van der Waals surface area contributed by atoms with Gasteiger partial charge in [0, 0.05) is 0 Å². The first-order chi connectivity index (χ1) is 8.81. The Morgan fingerprint density at radius 3 is 3.00 bits per heavy atom. The highest BCUT2D eigenvalue weighted by Crippen LogP contribution is 2.15. The van der Waals surface area contributed by atoms with Crippen molar-refractivity contribution in [3.63, 3.8) is 0 Å². The average Bonchev–Trinajstić information content (AvgIpc) is 2.81. The minimum absolute atomic E-state index is 0.371.